The van der Waals surface area contributed by atoms with Crippen molar-refractivity contribution >= 4 is 15.9 Å². The monoisotopic (exact) mass is 434 g/mol. The van der Waals surface area contributed by atoms with Gasteiger partial charge >= 0.3 is 0 Å². The zero-order valence-electron chi connectivity index (χ0n) is 17.5. The Balaban J connectivity index is 1.43. The summed E-state index contributed by atoms with van der Waals surface area (Å²) in [5.74, 6) is 2.00. The number of rotatable bonds is 3. The molecule has 0 spiro atoms. The molecule has 1 aromatic rings. The zero-order chi connectivity index (χ0) is 21.0. The molecule has 2 saturated carbocycles. The molecule has 164 valence electrons. The van der Waals surface area contributed by atoms with E-state index in [-0.39, 0.29) is 30.0 Å². The quantitative estimate of drug-likeness (QED) is 0.778. The number of aromatic amines is 1. The highest BCUT2D eigenvalue weighted by atomic mass is 32.2. The van der Waals surface area contributed by atoms with Gasteiger partial charge in [0, 0.05) is 24.6 Å². The molecule has 3 fully saturated rings. The van der Waals surface area contributed by atoms with Gasteiger partial charge in [0.25, 0.3) is 5.56 Å². The number of likely N-dealkylation sites (tertiary alicyclic amines) is 1. The molecule has 0 aromatic carbocycles. The lowest BCUT2D eigenvalue weighted by Gasteiger charge is -2.36. The summed E-state index contributed by atoms with van der Waals surface area (Å²) in [5.41, 5.74) is 0.908. The van der Waals surface area contributed by atoms with Crippen molar-refractivity contribution in [2.24, 2.45) is 17.8 Å². The van der Waals surface area contributed by atoms with Gasteiger partial charge in [0.15, 0.2) is 0 Å². The van der Waals surface area contributed by atoms with Gasteiger partial charge in [-0.1, -0.05) is 12.8 Å². The van der Waals surface area contributed by atoms with Gasteiger partial charge in [-0.2, -0.15) is 4.31 Å². The third-order valence-corrected chi connectivity index (χ3v) is 8.82. The van der Waals surface area contributed by atoms with Crippen LogP contribution in [0.2, 0.25) is 0 Å². The molecule has 2 aliphatic carbocycles. The topological polar surface area (TPSA) is 103 Å². The maximum absolute atomic E-state index is 13.4. The van der Waals surface area contributed by atoms with E-state index in [2.05, 4.69) is 4.98 Å². The minimum Gasteiger partial charge on any atom is -0.332 e. The molecule has 8 nitrogen and oxygen atoms in total. The van der Waals surface area contributed by atoms with Gasteiger partial charge in [-0.3, -0.25) is 9.59 Å². The Labute approximate surface area is 177 Å². The molecule has 0 unspecified atom stereocenters. The molecule has 1 aromatic heterocycles. The lowest BCUT2D eigenvalue weighted by Crippen LogP contribution is -2.43. The molecule has 30 heavy (non-hydrogen) atoms. The van der Waals surface area contributed by atoms with Crippen molar-refractivity contribution in [3.63, 3.8) is 0 Å². The summed E-state index contributed by atoms with van der Waals surface area (Å²) < 4.78 is 25.3. The number of nitrogens with zero attached hydrogens (tertiary/aromatic N) is 3. The van der Waals surface area contributed by atoms with Crippen molar-refractivity contribution in [1.29, 1.82) is 0 Å². The second-order valence-electron chi connectivity index (χ2n) is 9.40. The average Bonchev–Trinajstić information content (AvgIpc) is 3.46. The lowest BCUT2D eigenvalue weighted by atomic mass is 9.99. The van der Waals surface area contributed by atoms with Crippen molar-refractivity contribution in [2.45, 2.75) is 64.0 Å². The molecule has 5 rings (SSSR count). The van der Waals surface area contributed by atoms with Crippen LogP contribution in [0, 0.1) is 17.8 Å². The van der Waals surface area contributed by atoms with Crippen LogP contribution >= 0.6 is 0 Å². The SMILES string of the molecule is CS(=O)(=O)N1CCc2c(nc([C@@H]3CCCCN3C(=O)C3[C@H]4CCCC[C@H]34)[nH]c2=O)C1. The Hall–Kier alpha value is -1.74. The summed E-state index contributed by atoms with van der Waals surface area (Å²) in [5, 5.41) is 0. The van der Waals surface area contributed by atoms with Gasteiger partial charge in [0.05, 0.1) is 24.5 Å². The van der Waals surface area contributed by atoms with Crippen LogP contribution in [0.3, 0.4) is 0 Å². The van der Waals surface area contributed by atoms with E-state index in [9.17, 15) is 18.0 Å². The third kappa shape index (κ3) is 3.49. The van der Waals surface area contributed by atoms with Crippen LogP contribution < -0.4 is 5.56 Å². The molecule has 1 saturated heterocycles. The Bertz CT molecular complexity index is 1010. The van der Waals surface area contributed by atoms with Gasteiger partial charge < -0.3 is 9.88 Å². The summed E-state index contributed by atoms with van der Waals surface area (Å²) >= 11 is 0. The van der Waals surface area contributed by atoms with Crippen molar-refractivity contribution < 1.29 is 13.2 Å². The lowest BCUT2D eigenvalue weighted by molar-refractivity contribution is -0.137. The molecule has 1 N–H and O–H groups in total. The van der Waals surface area contributed by atoms with E-state index in [4.69, 9.17) is 4.98 Å². The summed E-state index contributed by atoms with van der Waals surface area (Å²) in [7, 11) is -3.34. The van der Waals surface area contributed by atoms with Gasteiger partial charge in [-0.25, -0.2) is 13.4 Å². The minimum absolute atomic E-state index is 0.124. The number of fused-ring (bicyclic) bond motifs is 2. The van der Waals surface area contributed by atoms with Crippen LogP contribution in [0.1, 0.15) is 68.1 Å². The van der Waals surface area contributed by atoms with Gasteiger partial charge in [-0.15, -0.1) is 0 Å². The maximum atomic E-state index is 13.4. The number of nitrogens with one attached hydrogen (secondary N) is 1. The van der Waals surface area contributed by atoms with E-state index < -0.39 is 10.0 Å². The molecule has 3 atom stereocenters. The highest BCUT2D eigenvalue weighted by molar-refractivity contribution is 7.88. The number of carbonyl (C=O) groups is 1. The van der Waals surface area contributed by atoms with E-state index >= 15 is 0 Å². The average molecular weight is 435 g/mol. The molecular formula is C21H30N4O4S. The standard InChI is InChI=1S/C21H30N4O4S/c1-30(28,29)24-11-9-15-16(12-24)22-19(23-20(15)26)17-8-4-5-10-25(17)21(27)18-13-6-2-3-7-14(13)18/h13-14,17-18H,2-12H2,1H3,(H,22,23,26)/t13-,14-,17-/m0/s1. The van der Waals surface area contributed by atoms with Crippen LogP contribution in [0.4, 0.5) is 0 Å². The van der Waals surface area contributed by atoms with Crippen LogP contribution in [0.5, 0.6) is 0 Å². The number of H-pyrrole nitrogens is 1. The number of carbonyl (C=O) groups excluding carboxylic acids is 1. The van der Waals surface area contributed by atoms with Crippen LogP contribution in [0.25, 0.3) is 0 Å². The molecule has 4 aliphatic rings. The minimum atomic E-state index is -3.34. The highest BCUT2D eigenvalue weighted by Gasteiger charge is 2.56. The van der Waals surface area contributed by atoms with Crippen molar-refractivity contribution in [3.8, 4) is 0 Å². The summed E-state index contributed by atoms with van der Waals surface area (Å²) in [4.78, 5) is 35.7. The number of amides is 1. The highest BCUT2D eigenvalue weighted by Crippen LogP contribution is 2.56. The Morgan fingerprint density at radius 3 is 2.47 bits per heavy atom. The number of sulfonamides is 1. The second kappa shape index (κ2) is 7.44. The molecule has 3 heterocycles. The van der Waals surface area contributed by atoms with E-state index in [1.54, 1.807) is 0 Å². The number of piperidine rings is 1. The summed E-state index contributed by atoms with van der Waals surface area (Å²) in [6.45, 7) is 1.13. The van der Waals surface area contributed by atoms with E-state index in [0.29, 0.717) is 48.4 Å². The first-order chi connectivity index (χ1) is 14.3. The fourth-order valence-electron chi connectivity index (χ4n) is 5.91. The second-order valence-corrected chi connectivity index (χ2v) is 11.4. The van der Waals surface area contributed by atoms with E-state index in [1.165, 1.54) is 23.4 Å². The summed E-state index contributed by atoms with van der Waals surface area (Å²) in [6.07, 6.45) is 9.07. The fourth-order valence-corrected chi connectivity index (χ4v) is 6.69. The Morgan fingerprint density at radius 1 is 1.07 bits per heavy atom. The van der Waals surface area contributed by atoms with Gasteiger partial charge in [0.2, 0.25) is 15.9 Å². The number of hydrogen-bond acceptors (Lipinski definition) is 5. The molecule has 0 bridgehead atoms. The first-order valence-electron chi connectivity index (χ1n) is 11.2. The third-order valence-electron chi connectivity index (χ3n) is 7.57. The van der Waals surface area contributed by atoms with Gasteiger partial charge in [0.1, 0.15) is 5.82 Å². The Kier molecular flexibility index (Phi) is 5.01. The molecule has 0 radical (unpaired) electrons. The number of hydrogen-bond donors (Lipinski definition) is 1. The van der Waals surface area contributed by atoms with Crippen molar-refractivity contribution in [3.05, 3.63) is 27.4 Å². The molecular weight excluding hydrogens is 404 g/mol. The first kappa shape index (κ1) is 20.2. The van der Waals surface area contributed by atoms with E-state index in [1.807, 2.05) is 4.90 Å². The van der Waals surface area contributed by atoms with Crippen molar-refractivity contribution in [1.82, 2.24) is 19.2 Å². The van der Waals surface area contributed by atoms with Crippen LogP contribution in [-0.4, -0.2) is 52.8 Å². The maximum Gasteiger partial charge on any atom is 0.254 e. The smallest absolute Gasteiger partial charge is 0.254 e. The van der Waals surface area contributed by atoms with Crippen LogP contribution in [0.15, 0.2) is 4.79 Å². The summed E-state index contributed by atoms with van der Waals surface area (Å²) in [6, 6.07) is -0.222. The van der Waals surface area contributed by atoms with Gasteiger partial charge in [-0.05, 0) is 50.4 Å². The number of aromatic nitrogens is 2. The van der Waals surface area contributed by atoms with E-state index in [0.717, 1.165) is 32.1 Å². The van der Waals surface area contributed by atoms with Crippen molar-refractivity contribution in [2.75, 3.05) is 19.3 Å². The zero-order valence-corrected chi connectivity index (χ0v) is 18.3. The predicted octanol–water partition coefficient (Wildman–Crippen LogP) is 1.58. The fraction of sp³-hybridized carbons (Fsp3) is 0.762. The Morgan fingerprint density at radius 2 is 1.77 bits per heavy atom. The normalized spacial score (nSPS) is 31.7. The molecule has 2 aliphatic heterocycles. The largest absolute Gasteiger partial charge is 0.332 e. The molecule has 9 heteroatoms. The first-order valence-corrected chi connectivity index (χ1v) is 13.1. The molecule has 1 amide bonds. The van der Waals surface area contributed by atoms with Crippen LogP contribution in [-0.2, 0) is 27.8 Å². The predicted molar refractivity (Wildman–Crippen MR) is 111 cm³/mol.